The average molecular weight is 572 g/mol. The number of halogens is 2. The summed E-state index contributed by atoms with van der Waals surface area (Å²) in [6.45, 7) is 1.60. The van der Waals surface area contributed by atoms with Crippen molar-refractivity contribution in [3.63, 3.8) is 0 Å². The predicted octanol–water partition coefficient (Wildman–Crippen LogP) is 5.10. The fraction of sp³-hybridized carbons (Fsp3) is 0.185. The number of aromatic nitrogens is 2. The molecule has 0 spiro atoms. The number of fused-ring (bicyclic) bond motifs is 1. The lowest BCUT2D eigenvalue weighted by molar-refractivity contribution is 0.0803. The van der Waals surface area contributed by atoms with Crippen LogP contribution in [0, 0.1) is 5.41 Å². The number of nitrogen functional groups attached to an aromatic ring is 1. The van der Waals surface area contributed by atoms with Gasteiger partial charge >= 0.3 is 0 Å². The highest BCUT2D eigenvalue weighted by Gasteiger charge is 2.20. The molecule has 5 rings (SSSR count). The van der Waals surface area contributed by atoms with E-state index in [1.54, 1.807) is 17.8 Å². The van der Waals surface area contributed by atoms with Crippen LogP contribution in [0.4, 0.5) is 5.82 Å². The number of nitrogens with one attached hydrogen (secondary N) is 2. The summed E-state index contributed by atoms with van der Waals surface area (Å²) in [5.41, 5.74) is 9.59. The Labute approximate surface area is 237 Å². The monoisotopic (exact) mass is 570 g/mol. The van der Waals surface area contributed by atoms with Gasteiger partial charge in [0.05, 0.1) is 11.4 Å². The van der Waals surface area contributed by atoms with Crippen LogP contribution in [0.15, 0.2) is 73.1 Å². The quantitative estimate of drug-likeness (QED) is 0.199. The zero-order valence-electron chi connectivity index (χ0n) is 20.4. The Hall–Kier alpha value is -3.53. The Kier molecular flexibility index (Phi) is 10.2. The molecule has 1 fully saturated rings. The number of carbonyl (C=O) groups is 1. The first-order valence-electron chi connectivity index (χ1n) is 11.6. The minimum Gasteiger partial charge on any atom is -0.489 e. The molecule has 0 aliphatic carbocycles. The van der Waals surface area contributed by atoms with Crippen LogP contribution >= 0.6 is 36.6 Å². The fourth-order valence-electron chi connectivity index (χ4n) is 4.03. The lowest BCUT2D eigenvalue weighted by atomic mass is 10.1. The van der Waals surface area contributed by atoms with E-state index in [9.17, 15) is 4.79 Å². The van der Waals surface area contributed by atoms with Crippen molar-refractivity contribution >= 4 is 65.0 Å². The first-order valence-corrected chi connectivity index (χ1v) is 12.7. The van der Waals surface area contributed by atoms with Gasteiger partial charge in [-0.1, -0.05) is 30.3 Å². The van der Waals surface area contributed by atoms with Crippen LogP contribution in [0.1, 0.15) is 27.0 Å². The molecule has 1 aliphatic heterocycles. The summed E-state index contributed by atoms with van der Waals surface area (Å²) in [6, 6.07) is 20.9. The molecule has 0 saturated carbocycles. The molecule has 11 heteroatoms. The van der Waals surface area contributed by atoms with E-state index in [1.807, 2.05) is 65.6 Å². The number of benzene rings is 3. The van der Waals surface area contributed by atoms with Crippen LogP contribution < -0.4 is 15.8 Å². The smallest absolute Gasteiger partial charge is 0.254 e. The van der Waals surface area contributed by atoms with Gasteiger partial charge in [-0.15, -0.1) is 36.6 Å². The molecule has 0 unspecified atom stereocenters. The van der Waals surface area contributed by atoms with Crippen LogP contribution in [0.25, 0.3) is 10.9 Å². The summed E-state index contributed by atoms with van der Waals surface area (Å²) in [4.78, 5) is 23.5. The number of ether oxygens (including phenoxy) is 1. The molecule has 1 saturated heterocycles. The number of thioether (sulfide) groups is 1. The maximum absolute atomic E-state index is 12.8. The Morgan fingerprint density at radius 1 is 1.05 bits per heavy atom. The third kappa shape index (κ3) is 6.66. The molecule has 198 valence electrons. The number of rotatable bonds is 8. The van der Waals surface area contributed by atoms with Crippen molar-refractivity contribution in [1.82, 2.24) is 14.9 Å². The van der Waals surface area contributed by atoms with Gasteiger partial charge in [0.25, 0.3) is 5.91 Å². The number of hydrogen-bond acceptors (Lipinski definition) is 7. The van der Waals surface area contributed by atoms with Crippen molar-refractivity contribution < 1.29 is 9.53 Å². The molecule has 3 aromatic carbocycles. The van der Waals surface area contributed by atoms with Crippen LogP contribution in [0.5, 0.6) is 5.75 Å². The molecule has 1 aliphatic rings. The minimum atomic E-state index is -0.00746. The summed E-state index contributed by atoms with van der Waals surface area (Å²) in [6.07, 6.45) is 1.49. The Bertz CT molecular complexity index is 1420. The zero-order valence-corrected chi connectivity index (χ0v) is 22.9. The lowest BCUT2D eigenvalue weighted by Gasteiger charge is -2.16. The fourth-order valence-corrected chi connectivity index (χ4v) is 4.97. The van der Waals surface area contributed by atoms with E-state index in [0.717, 1.165) is 34.7 Å². The summed E-state index contributed by atoms with van der Waals surface area (Å²) >= 11 is 1.76. The van der Waals surface area contributed by atoms with Gasteiger partial charge in [0.1, 0.15) is 30.3 Å². The highest BCUT2D eigenvalue weighted by molar-refractivity contribution is 7.99. The van der Waals surface area contributed by atoms with Gasteiger partial charge in [-0.05, 0) is 42.0 Å². The summed E-state index contributed by atoms with van der Waals surface area (Å²) < 4.78 is 6.10. The van der Waals surface area contributed by atoms with Gasteiger partial charge in [0, 0.05) is 40.9 Å². The first kappa shape index (κ1) is 29.0. The molecular weight excluding hydrogens is 543 g/mol. The molecule has 4 aromatic rings. The van der Waals surface area contributed by atoms with Crippen molar-refractivity contribution in [2.45, 2.75) is 13.2 Å². The second kappa shape index (κ2) is 13.3. The van der Waals surface area contributed by atoms with Gasteiger partial charge in [0.2, 0.25) is 0 Å². The van der Waals surface area contributed by atoms with E-state index < -0.39 is 0 Å². The molecule has 1 aromatic heterocycles. The predicted molar refractivity (Wildman–Crippen MR) is 158 cm³/mol. The lowest BCUT2D eigenvalue weighted by Crippen LogP contribution is -2.27. The minimum absolute atomic E-state index is 0. The third-order valence-corrected chi connectivity index (χ3v) is 6.94. The van der Waals surface area contributed by atoms with Crippen LogP contribution in [-0.2, 0) is 13.2 Å². The van der Waals surface area contributed by atoms with E-state index in [0.29, 0.717) is 41.4 Å². The Morgan fingerprint density at radius 3 is 2.58 bits per heavy atom. The Morgan fingerprint density at radius 2 is 1.84 bits per heavy atom. The number of hydrogen-bond donors (Lipinski definition) is 3. The Balaban J connectivity index is 0.00000200. The average Bonchev–Trinajstić information content (AvgIpc) is 3.46. The molecule has 0 radical (unpaired) electrons. The number of anilines is 1. The zero-order chi connectivity index (χ0) is 24.9. The molecule has 0 bridgehead atoms. The summed E-state index contributed by atoms with van der Waals surface area (Å²) in [7, 11) is 0. The highest BCUT2D eigenvalue weighted by atomic mass is 35.5. The van der Waals surface area contributed by atoms with E-state index in [4.69, 9.17) is 15.9 Å². The maximum atomic E-state index is 12.8. The van der Waals surface area contributed by atoms with Crippen molar-refractivity contribution in [3.8, 4) is 5.75 Å². The molecule has 2 heterocycles. The van der Waals surface area contributed by atoms with Crippen molar-refractivity contribution in [3.05, 3.63) is 95.3 Å². The van der Waals surface area contributed by atoms with Crippen molar-refractivity contribution in [2.75, 3.05) is 23.5 Å². The molecule has 1 amide bonds. The van der Waals surface area contributed by atoms with Gasteiger partial charge in [-0.2, -0.15) is 0 Å². The van der Waals surface area contributed by atoms with Gasteiger partial charge in [-0.3, -0.25) is 10.2 Å². The van der Waals surface area contributed by atoms with E-state index in [-0.39, 0.29) is 36.6 Å². The van der Waals surface area contributed by atoms with E-state index in [2.05, 4.69) is 15.3 Å². The highest BCUT2D eigenvalue weighted by Crippen LogP contribution is 2.26. The van der Waals surface area contributed by atoms with Crippen LogP contribution in [0.2, 0.25) is 0 Å². The second-order valence-corrected chi connectivity index (χ2v) is 9.50. The summed E-state index contributed by atoms with van der Waals surface area (Å²) in [5.74, 6) is 3.06. The maximum Gasteiger partial charge on any atom is 0.254 e. The SMILES string of the molecule is Cl.Cl.N=C(N)c1ccc(OCc2ccccc2)c(CNc2ncnc3cc(C(=O)N4CCSC4)ccc23)c1. The van der Waals surface area contributed by atoms with Crippen molar-refractivity contribution in [1.29, 1.82) is 5.41 Å². The summed E-state index contributed by atoms with van der Waals surface area (Å²) in [5, 5.41) is 12.0. The molecule has 4 N–H and O–H groups in total. The molecule has 38 heavy (non-hydrogen) atoms. The number of amides is 1. The van der Waals surface area contributed by atoms with Gasteiger partial charge in [-0.25, -0.2) is 9.97 Å². The third-order valence-electron chi connectivity index (χ3n) is 5.98. The van der Waals surface area contributed by atoms with E-state index in [1.165, 1.54) is 6.33 Å². The standard InChI is InChI=1S/C27H26N6O2S.2ClH/c28-25(29)19-7-9-24(35-15-18-4-2-1-3-5-18)21(12-19)14-30-26-22-8-6-20(13-23(22)31-16-32-26)27(34)33-10-11-36-17-33;;/h1-9,12-13,16H,10-11,14-15,17H2,(H3,28,29)(H,30,31,32);2*1H. The molecule has 8 nitrogen and oxygen atoms in total. The van der Waals surface area contributed by atoms with Crippen LogP contribution in [-0.4, -0.2) is 44.8 Å². The van der Waals surface area contributed by atoms with E-state index >= 15 is 0 Å². The number of carbonyl (C=O) groups excluding carboxylic acids is 1. The molecular formula is C27H28Cl2N6O2S. The van der Waals surface area contributed by atoms with Crippen LogP contribution in [0.3, 0.4) is 0 Å². The number of nitrogens with zero attached hydrogens (tertiary/aromatic N) is 3. The van der Waals surface area contributed by atoms with Crippen molar-refractivity contribution in [2.24, 2.45) is 5.73 Å². The second-order valence-electron chi connectivity index (χ2n) is 8.42. The first-order chi connectivity index (χ1) is 17.6. The van der Waals surface area contributed by atoms with Gasteiger partial charge < -0.3 is 20.7 Å². The topological polar surface area (TPSA) is 117 Å². The molecule has 0 atom stereocenters. The number of amidine groups is 1. The number of nitrogens with two attached hydrogens (primary N) is 1. The largest absolute Gasteiger partial charge is 0.489 e. The van der Waals surface area contributed by atoms with Gasteiger partial charge in [0.15, 0.2) is 0 Å². The normalized spacial score (nSPS) is 12.4.